The van der Waals surface area contributed by atoms with Crippen LogP contribution in [0.15, 0.2) is 54.7 Å². The molecule has 4 N–H and O–H groups in total. The number of nitrogens with two attached hydrogens (primary N) is 1. The first-order chi connectivity index (χ1) is 19.0. The van der Waals surface area contributed by atoms with Crippen molar-refractivity contribution >= 4 is 28.5 Å². The number of allylic oxidation sites excluding steroid dienone is 1. The zero-order valence-corrected chi connectivity index (χ0v) is 21.9. The molecule has 1 amide bonds. The third-order valence-electron chi connectivity index (χ3n) is 7.13. The summed E-state index contributed by atoms with van der Waals surface area (Å²) >= 11 is 0. The van der Waals surface area contributed by atoms with Gasteiger partial charge < -0.3 is 16.4 Å². The number of aryl methyl sites for hydroxylation is 1. The normalized spacial score (nSPS) is 15.8. The molecule has 4 aromatic rings. The van der Waals surface area contributed by atoms with Crippen molar-refractivity contribution in [3.05, 3.63) is 83.2 Å². The van der Waals surface area contributed by atoms with Gasteiger partial charge in [-0.05, 0) is 74.7 Å². The number of halogens is 4. The van der Waals surface area contributed by atoms with Gasteiger partial charge in [-0.2, -0.15) is 13.2 Å². The van der Waals surface area contributed by atoms with Crippen LogP contribution < -0.4 is 16.4 Å². The molecule has 1 aliphatic rings. The maximum absolute atomic E-state index is 15.4. The predicted molar refractivity (Wildman–Crippen MR) is 146 cm³/mol. The number of nitrogens with one attached hydrogen (secondary N) is 2. The monoisotopic (exact) mass is 552 g/mol. The summed E-state index contributed by atoms with van der Waals surface area (Å²) in [6, 6.07) is 9.08. The number of amides is 1. The summed E-state index contributed by atoms with van der Waals surface area (Å²) < 4.78 is 56.2. The average Bonchev–Trinajstić information content (AvgIpc) is 3.26. The van der Waals surface area contributed by atoms with Gasteiger partial charge >= 0.3 is 6.18 Å². The van der Waals surface area contributed by atoms with Crippen LogP contribution in [0.3, 0.4) is 0 Å². The Morgan fingerprint density at radius 2 is 2.00 bits per heavy atom. The molecule has 1 aliphatic carbocycles. The molecule has 0 fully saturated rings. The highest BCUT2D eigenvalue weighted by Crippen LogP contribution is 2.35. The summed E-state index contributed by atoms with van der Waals surface area (Å²) in [5, 5.41) is 5.73. The first kappa shape index (κ1) is 27.3. The fraction of sp³-hybridized carbons (Fsp3) is 0.276. The zero-order valence-electron chi connectivity index (χ0n) is 21.9. The minimum Gasteiger partial charge on any atom is -0.382 e. The first-order valence-electron chi connectivity index (χ1n) is 12.8. The Balaban J connectivity index is 1.41. The van der Waals surface area contributed by atoms with E-state index in [9.17, 15) is 18.0 Å². The van der Waals surface area contributed by atoms with Gasteiger partial charge in [0.05, 0.1) is 23.9 Å². The molecule has 0 spiro atoms. The van der Waals surface area contributed by atoms with E-state index >= 15 is 4.39 Å². The number of alkyl halides is 3. The van der Waals surface area contributed by atoms with Gasteiger partial charge in [-0.3, -0.25) is 9.20 Å². The lowest BCUT2D eigenvalue weighted by molar-refractivity contribution is -0.137. The molecule has 2 heterocycles. The number of benzene rings is 2. The molecule has 0 saturated carbocycles. The molecule has 11 heteroatoms. The van der Waals surface area contributed by atoms with Gasteiger partial charge in [0.2, 0.25) is 5.91 Å². The number of nitrogens with zero attached hydrogens (tertiary/aromatic N) is 3. The highest BCUT2D eigenvalue weighted by Gasteiger charge is 2.30. The first-order valence-corrected chi connectivity index (χ1v) is 12.8. The number of imidazole rings is 1. The quantitative estimate of drug-likeness (QED) is 0.264. The summed E-state index contributed by atoms with van der Waals surface area (Å²) in [5.41, 5.74) is 8.77. The Bertz CT molecular complexity index is 1630. The highest BCUT2D eigenvalue weighted by molar-refractivity contribution is 5.92. The van der Waals surface area contributed by atoms with Crippen molar-refractivity contribution in [2.45, 2.75) is 44.8 Å². The van der Waals surface area contributed by atoms with E-state index < -0.39 is 23.5 Å². The molecule has 2 aromatic heterocycles. The maximum Gasteiger partial charge on any atom is 0.416 e. The summed E-state index contributed by atoms with van der Waals surface area (Å²) in [6.45, 7) is 1.82. The SMILES string of the molecule is CNC1CC=C(c2cnc(N)c3c(-c4ccc(CC(=O)Nc5cccc(C(F)(F)F)c5)cc4F)nc(C)n23)CC1. The third-order valence-corrected chi connectivity index (χ3v) is 7.13. The fourth-order valence-corrected chi connectivity index (χ4v) is 5.08. The van der Waals surface area contributed by atoms with Crippen LogP contribution in [0.25, 0.3) is 22.3 Å². The van der Waals surface area contributed by atoms with Crippen LogP contribution in [-0.2, 0) is 17.4 Å². The molecular formula is C29H28F4N6O. The number of carbonyl (C=O) groups excluding carboxylic acids is 1. The third kappa shape index (κ3) is 5.42. The molecule has 1 unspecified atom stereocenters. The van der Waals surface area contributed by atoms with Crippen LogP contribution in [0.4, 0.5) is 29.1 Å². The van der Waals surface area contributed by atoms with Crippen molar-refractivity contribution in [2.24, 2.45) is 0 Å². The number of rotatable bonds is 6. The molecule has 0 radical (unpaired) electrons. The van der Waals surface area contributed by atoms with Crippen molar-refractivity contribution in [3.63, 3.8) is 0 Å². The molecule has 40 heavy (non-hydrogen) atoms. The molecule has 5 rings (SSSR count). The Labute approximate surface area is 228 Å². The fourth-order valence-electron chi connectivity index (χ4n) is 5.08. The summed E-state index contributed by atoms with van der Waals surface area (Å²) in [4.78, 5) is 21.5. The molecule has 0 saturated heterocycles. The standard InChI is InChI=1S/C29H28F4N6O/c1-16-37-26(27-28(34)36-15-24(39(16)27)18-7-9-20(35-2)10-8-18)22-11-6-17(12-23(22)30)13-25(40)38-21-5-3-4-19(14-21)29(31,32)33/h3-7,11-12,14-15,20,35H,8-10,13H2,1-2H3,(H2,34,36)(H,38,40). The molecule has 1 atom stereocenters. The lowest BCUT2D eigenvalue weighted by atomic mass is 9.93. The van der Waals surface area contributed by atoms with E-state index in [0.29, 0.717) is 28.6 Å². The van der Waals surface area contributed by atoms with Gasteiger partial charge in [0, 0.05) is 17.3 Å². The minimum atomic E-state index is -4.53. The number of hydrogen-bond acceptors (Lipinski definition) is 5. The van der Waals surface area contributed by atoms with E-state index in [-0.39, 0.29) is 23.5 Å². The number of aromatic nitrogens is 3. The molecule has 7 nitrogen and oxygen atoms in total. The van der Waals surface area contributed by atoms with E-state index in [0.717, 1.165) is 42.7 Å². The molecule has 0 bridgehead atoms. The van der Waals surface area contributed by atoms with Crippen molar-refractivity contribution in [1.82, 2.24) is 19.7 Å². The van der Waals surface area contributed by atoms with Crippen molar-refractivity contribution < 1.29 is 22.4 Å². The van der Waals surface area contributed by atoms with E-state index in [1.165, 1.54) is 24.3 Å². The number of fused-ring (bicyclic) bond motifs is 1. The van der Waals surface area contributed by atoms with Crippen molar-refractivity contribution in [1.29, 1.82) is 0 Å². The number of carbonyl (C=O) groups is 1. The Hall–Kier alpha value is -4.25. The largest absolute Gasteiger partial charge is 0.416 e. The molecular weight excluding hydrogens is 524 g/mol. The molecule has 208 valence electrons. The van der Waals surface area contributed by atoms with Gasteiger partial charge in [-0.15, -0.1) is 0 Å². The number of nitrogen functional groups attached to an aromatic ring is 1. The smallest absolute Gasteiger partial charge is 0.382 e. The van der Waals surface area contributed by atoms with Crippen molar-refractivity contribution in [2.75, 3.05) is 18.1 Å². The van der Waals surface area contributed by atoms with Crippen LogP contribution in [0.1, 0.15) is 41.9 Å². The van der Waals surface area contributed by atoms with Crippen LogP contribution in [-0.4, -0.2) is 33.4 Å². The minimum absolute atomic E-state index is 0.00482. The van der Waals surface area contributed by atoms with E-state index in [4.69, 9.17) is 5.73 Å². The average molecular weight is 553 g/mol. The van der Waals surface area contributed by atoms with Gasteiger partial charge in [0.25, 0.3) is 0 Å². The van der Waals surface area contributed by atoms with Gasteiger partial charge in [-0.1, -0.05) is 18.2 Å². The summed E-state index contributed by atoms with van der Waals surface area (Å²) in [6.07, 6.45) is 1.85. The van der Waals surface area contributed by atoms with Crippen LogP contribution in [0.2, 0.25) is 0 Å². The van der Waals surface area contributed by atoms with Crippen LogP contribution in [0.5, 0.6) is 0 Å². The summed E-state index contributed by atoms with van der Waals surface area (Å²) in [7, 11) is 1.95. The topological polar surface area (TPSA) is 97.3 Å². The second-order valence-electron chi connectivity index (χ2n) is 9.83. The van der Waals surface area contributed by atoms with E-state index in [2.05, 4.69) is 26.7 Å². The number of anilines is 2. The summed E-state index contributed by atoms with van der Waals surface area (Å²) in [5.74, 6) is -0.334. The second kappa shape index (κ2) is 10.7. The Kier molecular flexibility index (Phi) is 7.33. The van der Waals surface area contributed by atoms with E-state index in [1.54, 1.807) is 12.3 Å². The maximum atomic E-state index is 15.4. The highest BCUT2D eigenvalue weighted by atomic mass is 19.4. The molecule has 0 aliphatic heterocycles. The predicted octanol–water partition coefficient (Wildman–Crippen LogP) is 5.78. The van der Waals surface area contributed by atoms with Crippen molar-refractivity contribution in [3.8, 4) is 11.3 Å². The van der Waals surface area contributed by atoms with Crippen LogP contribution in [0, 0.1) is 12.7 Å². The molecule has 2 aromatic carbocycles. The lowest BCUT2D eigenvalue weighted by Gasteiger charge is -2.22. The lowest BCUT2D eigenvalue weighted by Crippen LogP contribution is -2.26. The van der Waals surface area contributed by atoms with Crippen LogP contribution >= 0.6 is 0 Å². The zero-order chi connectivity index (χ0) is 28.6. The Morgan fingerprint density at radius 1 is 1.20 bits per heavy atom. The van der Waals surface area contributed by atoms with Gasteiger partial charge in [0.1, 0.15) is 28.7 Å². The van der Waals surface area contributed by atoms with Gasteiger partial charge in [-0.25, -0.2) is 14.4 Å². The van der Waals surface area contributed by atoms with E-state index in [1.807, 2.05) is 18.4 Å². The number of hydrogen-bond donors (Lipinski definition) is 3. The Morgan fingerprint density at radius 3 is 2.67 bits per heavy atom. The second-order valence-corrected chi connectivity index (χ2v) is 9.83. The van der Waals surface area contributed by atoms with Gasteiger partial charge in [0.15, 0.2) is 0 Å².